The first-order chi connectivity index (χ1) is 10.8. The highest BCUT2D eigenvalue weighted by Gasteiger charge is 2.29. The number of benzene rings is 2. The van der Waals surface area contributed by atoms with Gasteiger partial charge in [0.05, 0.1) is 22.5 Å². The third-order valence-electron chi connectivity index (χ3n) is 2.85. The van der Waals surface area contributed by atoms with Crippen molar-refractivity contribution in [2.75, 3.05) is 11.8 Å². The number of nitro groups is 1. The van der Waals surface area contributed by atoms with Gasteiger partial charge in [0, 0.05) is 17.8 Å². The maximum Gasteiger partial charge on any atom is 0.416 e. The summed E-state index contributed by atoms with van der Waals surface area (Å²) in [6, 6.07) is 8.54. The fraction of sp³-hybridized carbons (Fsp3) is 0.143. The number of anilines is 1. The van der Waals surface area contributed by atoms with Crippen LogP contribution in [0.4, 0.5) is 24.5 Å². The smallest absolute Gasteiger partial charge is 0.416 e. The number of non-ortho nitro benzene ring substituents is 1. The number of methoxy groups -OCH3 is 1. The van der Waals surface area contributed by atoms with Crippen LogP contribution < -0.4 is 9.46 Å². The lowest BCUT2D eigenvalue weighted by Crippen LogP contribution is -2.04. The number of nitro benzene ring substituents is 1. The van der Waals surface area contributed by atoms with E-state index in [4.69, 9.17) is 4.74 Å². The average molecular weight is 344 g/mol. The molecule has 0 aliphatic carbocycles. The molecule has 0 aliphatic rings. The van der Waals surface area contributed by atoms with Crippen molar-refractivity contribution in [2.45, 2.75) is 11.1 Å². The van der Waals surface area contributed by atoms with Crippen molar-refractivity contribution in [1.29, 1.82) is 0 Å². The second-order valence-corrected chi connectivity index (χ2v) is 5.22. The summed E-state index contributed by atoms with van der Waals surface area (Å²) < 4.78 is 45.4. The fourth-order valence-electron chi connectivity index (χ4n) is 1.70. The molecule has 0 radical (unpaired) electrons. The molecule has 2 aromatic rings. The largest absolute Gasteiger partial charge is 0.496 e. The van der Waals surface area contributed by atoms with Gasteiger partial charge in [-0.3, -0.25) is 10.1 Å². The number of alkyl halides is 3. The van der Waals surface area contributed by atoms with Gasteiger partial charge in [0.15, 0.2) is 0 Å². The standard InChI is InChI=1S/C14H11F3N2O3S/c1-22-12-7-6-11(19(20)21)8-13(12)23-18-10-4-2-9(3-5-10)14(15,16)17/h2-8,18H,1H3. The SMILES string of the molecule is COc1ccc([N+](=O)[O-])cc1SNc1ccc(C(F)(F)F)cc1. The minimum absolute atomic E-state index is 0.109. The van der Waals surface area contributed by atoms with Crippen LogP contribution in [0.2, 0.25) is 0 Å². The molecule has 0 aliphatic heterocycles. The number of ether oxygens (including phenoxy) is 1. The van der Waals surface area contributed by atoms with Crippen LogP contribution in [-0.2, 0) is 6.18 Å². The van der Waals surface area contributed by atoms with Crippen molar-refractivity contribution in [3.8, 4) is 5.75 Å². The molecule has 0 heterocycles. The zero-order valence-corrected chi connectivity index (χ0v) is 12.6. The lowest BCUT2D eigenvalue weighted by atomic mass is 10.2. The van der Waals surface area contributed by atoms with Gasteiger partial charge in [0.25, 0.3) is 5.69 Å². The van der Waals surface area contributed by atoms with Gasteiger partial charge in [-0.15, -0.1) is 0 Å². The normalized spacial score (nSPS) is 11.1. The first kappa shape index (κ1) is 16.9. The third kappa shape index (κ3) is 4.28. The van der Waals surface area contributed by atoms with Gasteiger partial charge in [0.2, 0.25) is 0 Å². The number of rotatable bonds is 5. The van der Waals surface area contributed by atoms with Crippen LogP contribution in [0.3, 0.4) is 0 Å². The molecule has 0 amide bonds. The van der Waals surface area contributed by atoms with Crippen LogP contribution in [0.5, 0.6) is 5.75 Å². The topological polar surface area (TPSA) is 64.4 Å². The van der Waals surface area contributed by atoms with E-state index in [1.165, 1.54) is 37.4 Å². The van der Waals surface area contributed by atoms with Crippen LogP contribution >= 0.6 is 11.9 Å². The molecule has 122 valence electrons. The van der Waals surface area contributed by atoms with Crippen LogP contribution in [0, 0.1) is 10.1 Å². The summed E-state index contributed by atoms with van der Waals surface area (Å²) >= 11 is 1.01. The molecule has 0 saturated carbocycles. The van der Waals surface area contributed by atoms with Crippen molar-refractivity contribution >= 4 is 23.3 Å². The Morgan fingerprint density at radius 1 is 1.17 bits per heavy atom. The van der Waals surface area contributed by atoms with Gasteiger partial charge in [-0.25, -0.2) is 0 Å². The highest BCUT2D eigenvalue weighted by Crippen LogP contribution is 2.34. The maximum absolute atomic E-state index is 12.5. The summed E-state index contributed by atoms with van der Waals surface area (Å²) in [4.78, 5) is 10.7. The highest BCUT2D eigenvalue weighted by atomic mass is 32.2. The van der Waals surface area contributed by atoms with E-state index in [0.29, 0.717) is 16.3 Å². The average Bonchev–Trinajstić information content (AvgIpc) is 2.52. The Kier molecular flexibility index (Phi) is 4.99. The lowest BCUT2D eigenvalue weighted by Gasteiger charge is -2.11. The Hall–Kier alpha value is -2.42. The molecule has 0 saturated heterocycles. The predicted octanol–water partition coefficient (Wildman–Crippen LogP) is 4.74. The van der Waals surface area contributed by atoms with Crippen molar-refractivity contribution in [3.63, 3.8) is 0 Å². The zero-order valence-electron chi connectivity index (χ0n) is 11.8. The molecule has 9 heteroatoms. The Labute approximate surface area is 133 Å². The molecule has 0 atom stereocenters. The van der Waals surface area contributed by atoms with Crippen LogP contribution in [0.25, 0.3) is 0 Å². The first-order valence-electron chi connectivity index (χ1n) is 6.24. The number of nitrogens with one attached hydrogen (secondary N) is 1. The van der Waals surface area contributed by atoms with E-state index in [9.17, 15) is 23.3 Å². The van der Waals surface area contributed by atoms with E-state index >= 15 is 0 Å². The Morgan fingerprint density at radius 3 is 2.35 bits per heavy atom. The fourth-order valence-corrected chi connectivity index (χ4v) is 2.50. The minimum Gasteiger partial charge on any atom is -0.496 e. The van der Waals surface area contributed by atoms with Crippen LogP contribution in [0.15, 0.2) is 47.4 Å². The van der Waals surface area contributed by atoms with E-state index in [0.717, 1.165) is 24.1 Å². The predicted molar refractivity (Wildman–Crippen MR) is 80.6 cm³/mol. The molecule has 0 aromatic heterocycles. The van der Waals surface area contributed by atoms with Gasteiger partial charge in [0.1, 0.15) is 5.75 Å². The van der Waals surface area contributed by atoms with Crippen molar-refractivity contribution in [2.24, 2.45) is 0 Å². The minimum atomic E-state index is -4.39. The molecular weight excluding hydrogens is 333 g/mol. The summed E-state index contributed by atoms with van der Waals surface area (Å²) in [5, 5.41) is 10.8. The van der Waals surface area contributed by atoms with Crippen LogP contribution in [0.1, 0.15) is 5.56 Å². The maximum atomic E-state index is 12.5. The molecule has 0 fully saturated rings. The van der Waals surface area contributed by atoms with Gasteiger partial charge in [-0.2, -0.15) is 13.2 Å². The second kappa shape index (κ2) is 6.78. The first-order valence-corrected chi connectivity index (χ1v) is 7.05. The molecule has 0 unspecified atom stereocenters. The molecular formula is C14H11F3N2O3S. The van der Waals surface area contributed by atoms with Crippen molar-refractivity contribution < 1.29 is 22.8 Å². The monoisotopic (exact) mass is 344 g/mol. The third-order valence-corrected chi connectivity index (χ3v) is 3.73. The molecule has 0 spiro atoms. The number of halogens is 3. The van der Waals surface area contributed by atoms with E-state index in [1.807, 2.05) is 0 Å². The summed E-state index contributed by atoms with van der Waals surface area (Å²) in [6.45, 7) is 0. The van der Waals surface area contributed by atoms with Crippen molar-refractivity contribution in [1.82, 2.24) is 0 Å². The van der Waals surface area contributed by atoms with Gasteiger partial charge < -0.3 is 9.46 Å². The summed E-state index contributed by atoms with van der Waals surface area (Å²) in [5.41, 5.74) is -0.431. The van der Waals surface area contributed by atoms with Gasteiger partial charge in [-0.05, 0) is 42.3 Å². The van der Waals surface area contributed by atoms with Crippen LogP contribution in [-0.4, -0.2) is 12.0 Å². The van der Waals surface area contributed by atoms with E-state index in [-0.39, 0.29) is 5.69 Å². The van der Waals surface area contributed by atoms with Crippen molar-refractivity contribution in [3.05, 3.63) is 58.1 Å². The molecule has 2 rings (SSSR count). The molecule has 5 nitrogen and oxygen atoms in total. The zero-order chi connectivity index (χ0) is 17.0. The lowest BCUT2D eigenvalue weighted by molar-refractivity contribution is -0.385. The summed E-state index contributed by atoms with van der Waals surface area (Å²) in [6.07, 6.45) is -4.39. The Balaban J connectivity index is 2.14. The molecule has 1 N–H and O–H groups in total. The van der Waals surface area contributed by atoms with Gasteiger partial charge in [-0.1, -0.05) is 0 Å². The molecule has 0 bridgehead atoms. The number of hydrogen-bond donors (Lipinski definition) is 1. The van der Waals surface area contributed by atoms with E-state index in [2.05, 4.69) is 4.72 Å². The van der Waals surface area contributed by atoms with E-state index < -0.39 is 16.7 Å². The number of hydrogen-bond acceptors (Lipinski definition) is 5. The molecule has 23 heavy (non-hydrogen) atoms. The van der Waals surface area contributed by atoms with Gasteiger partial charge >= 0.3 is 6.18 Å². The number of nitrogens with zero attached hydrogens (tertiary/aromatic N) is 1. The quantitative estimate of drug-likeness (QED) is 0.482. The summed E-state index contributed by atoms with van der Waals surface area (Å²) in [5.74, 6) is 0.417. The second-order valence-electron chi connectivity index (χ2n) is 4.37. The Bertz CT molecular complexity index is 705. The van der Waals surface area contributed by atoms with E-state index in [1.54, 1.807) is 0 Å². The summed E-state index contributed by atoms with van der Waals surface area (Å²) in [7, 11) is 1.42. The highest BCUT2D eigenvalue weighted by molar-refractivity contribution is 8.00. The Morgan fingerprint density at radius 2 is 1.83 bits per heavy atom. The molecule has 2 aromatic carbocycles.